The second-order valence-corrected chi connectivity index (χ2v) is 8.75. The standard InChI is InChI=1S/C24H30N2O/c1-27-24-7-6-19(21-3-2-10-25-16-21)15-22(24)18-8-11-26(12-9-18)23-14-17-4-5-20(23)13-17/h2-3,6-7,10,15-18,20,23H,4-5,8-9,11-14H2,1H3/t17-,20?,23+/m0/s1. The summed E-state index contributed by atoms with van der Waals surface area (Å²) < 4.78 is 5.73. The lowest BCUT2D eigenvalue weighted by molar-refractivity contribution is 0.110. The molecule has 2 saturated carbocycles. The molecule has 1 unspecified atom stereocenters. The number of methoxy groups -OCH3 is 1. The topological polar surface area (TPSA) is 25.4 Å². The molecule has 3 nitrogen and oxygen atoms in total. The van der Waals surface area contributed by atoms with Crippen molar-refractivity contribution in [2.45, 2.75) is 50.5 Å². The summed E-state index contributed by atoms with van der Waals surface area (Å²) in [6, 6.07) is 11.7. The van der Waals surface area contributed by atoms with Crippen molar-refractivity contribution in [2.75, 3.05) is 20.2 Å². The molecule has 1 aromatic heterocycles. The minimum atomic E-state index is 0.603. The smallest absolute Gasteiger partial charge is 0.122 e. The first kappa shape index (κ1) is 17.2. The van der Waals surface area contributed by atoms with Crippen LogP contribution in [-0.2, 0) is 0 Å². The number of ether oxygens (including phenoxy) is 1. The normalized spacial score (nSPS) is 28.6. The number of rotatable bonds is 4. The van der Waals surface area contributed by atoms with E-state index in [1.54, 1.807) is 7.11 Å². The maximum atomic E-state index is 5.73. The fraction of sp³-hybridized carbons (Fsp3) is 0.542. The van der Waals surface area contributed by atoms with Gasteiger partial charge in [0.2, 0.25) is 0 Å². The quantitative estimate of drug-likeness (QED) is 0.754. The van der Waals surface area contributed by atoms with E-state index in [1.165, 1.54) is 68.3 Å². The molecule has 3 fully saturated rings. The van der Waals surface area contributed by atoms with Crippen molar-refractivity contribution in [1.29, 1.82) is 0 Å². The first-order valence-electron chi connectivity index (χ1n) is 10.6. The largest absolute Gasteiger partial charge is 0.496 e. The summed E-state index contributed by atoms with van der Waals surface area (Å²) in [4.78, 5) is 7.10. The monoisotopic (exact) mass is 362 g/mol. The van der Waals surface area contributed by atoms with Gasteiger partial charge >= 0.3 is 0 Å². The summed E-state index contributed by atoms with van der Waals surface area (Å²) in [5.41, 5.74) is 3.81. The van der Waals surface area contributed by atoms with E-state index >= 15 is 0 Å². The molecule has 2 bridgehead atoms. The van der Waals surface area contributed by atoms with Gasteiger partial charge in [0.05, 0.1) is 7.11 Å². The Morgan fingerprint density at radius 1 is 1.00 bits per heavy atom. The molecule has 1 saturated heterocycles. The lowest BCUT2D eigenvalue weighted by atomic mass is 9.85. The zero-order valence-electron chi connectivity index (χ0n) is 16.3. The van der Waals surface area contributed by atoms with Gasteiger partial charge in [0, 0.05) is 24.0 Å². The van der Waals surface area contributed by atoms with E-state index in [1.807, 2.05) is 18.5 Å². The highest BCUT2D eigenvalue weighted by molar-refractivity contribution is 5.65. The van der Waals surface area contributed by atoms with Crippen LogP contribution in [0.25, 0.3) is 11.1 Å². The molecule has 0 radical (unpaired) electrons. The van der Waals surface area contributed by atoms with E-state index in [9.17, 15) is 0 Å². The van der Waals surface area contributed by atoms with Crippen LogP contribution in [-0.4, -0.2) is 36.1 Å². The van der Waals surface area contributed by atoms with Crippen LogP contribution in [0, 0.1) is 11.8 Å². The highest BCUT2D eigenvalue weighted by Crippen LogP contribution is 2.48. The van der Waals surface area contributed by atoms with Gasteiger partial charge in [-0.1, -0.05) is 18.6 Å². The summed E-state index contributed by atoms with van der Waals surface area (Å²) >= 11 is 0. The van der Waals surface area contributed by atoms with Crippen molar-refractivity contribution >= 4 is 0 Å². The number of aromatic nitrogens is 1. The Hall–Kier alpha value is -1.87. The van der Waals surface area contributed by atoms with E-state index in [4.69, 9.17) is 4.74 Å². The Labute approximate surface area is 162 Å². The van der Waals surface area contributed by atoms with Crippen LogP contribution in [0.3, 0.4) is 0 Å². The Kier molecular flexibility index (Phi) is 4.65. The van der Waals surface area contributed by atoms with E-state index in [-0.39, 0.29) is 0 Å². The summed E-state index contributed by atoms with van der Waals surface area (Å²) in [7, 11) is 1.80. The van der Waals surface area contributed by atoms with E-state index in [0.717, 1.165) is 23.6 Å². The van der Waals surface area contributed by atoms with Crippen molar-refractivity contribution in [1.82, 2.24) is 9.88 Å². The average molecular weight is 363 g/mol. The number of pyridine rings is 1. The van der Waals surface area contributed by atoms with Crippen molar-refractivity contribution in [2.24, 2.45) is 11.8 Å². The van der Waals surface area contributed by atoms with Gasteiger partial charge in [0.25, 0.3) is 0 Å². The molecule has 0 N–H and O–H groups in total. The fourth-order valence-electron chi connectivity index (χ4n) is 5.97. The third kappa shape index (κ3) is 3.27. The van der Waals surface area contributed by atoms with Crippen LogP contribution in [0.2, 0.25) is 0 Å². The van der Waals surface area contributed by atoms with Crippen LogP contribution in [0.15, 0.2) is 42.7 Å². The molecule has 1 aromatic carbocycles. The third-order valence-electron chi connectivity index (χ3n) is 7.36. The zero-order valence-corrected chi connectivity index (χ0v) is 16.3. The molecule has 5 rings (SSSR count). The van der Waals surface area contributed by atoms with Crippen LogP contribution in [0.4, 0.5) is 0 Å². The number of nitrogens with zero attached hydrogens (tertiary/aromatic N) is 2. The summed E-state index contributed by atoms with van der Waals surface area (Å²) in [6.45, 7) is 2.50. The maximum Gasteiger partial charge on any atom is 0.122 e. The molecule has 2 heterocycles. The predicted octanol–water partition coefficient (Wildman–Crippen LogP) is 5.13. The van der Waals surface area contributed by atoms with Crippen molar-refractivity contribution in [3.8, 4) is 16.9 Å². The highest BCUT2D eigenvalue weighted by Gasteiger charge is 2.43. The average Bonchev–Trinajstić information content (AvgIpc) is 3.38. The van der Waals surface area contributed by atoms with Gasteiger partial charge in [0.15, 0.2) is 0 Å². The molecule has 3 atom stereocenters. The van der Waals surface area contributed by atoms with Crippen LogP contribution >= 0.6 is 0 Å². The number of piperidine rings is 1. The van der Waals surface area contributed by atoms with Crippen molar-refractivity contribution in [3.63, 3.8) is 0 Å². The van der Waals surface area contributed by atoms with Gasteiger partial charge in [-0.05, 0) is 92.3 Å². The second-order valence-electron chi connectivity index (χ2n) is 8.75. The molecular formula is C24H30N2O. The van der Waals surface area contributed by atoms with Crippen molar-refractivity contribution in [3.05, 3.63) is 48.3 Å². The first-order valence-corrected chi connectivity index (χ1v) is 10.6. The molecule has 27 heavy (non-hydrogen) atoms. The summed E-state index contributed by atoms with van der Waals surface area (Å²) in [6.07, 6.45) is 12.2. The Bertz CT molecular complexity index is 782. The molecule has 0 spiro atoms. The SMILES string of the molecule is COc1ccc(-c2cccnc2)cc1C1CCN([C@@H]2C[C@H]3CCC2C3)CC1. The Morgan fingerprint density at radius 2 is 1.89 bits per heavy atom. The lowest BCUT2D eigenvalue weighted by Gasteiger charge is -2.40. The summed E-state index contributed by atoms with van der Waals surface area (Å²) in [5.74, 6) is 3.68. The van der Waals surface area contributed by atoms with E-state index in [2.05, 4.69) is 34.1 Å². The third-order valence-corrected chi connectivity index (χ3v) is 7.36. The number of benzene rings is 1. The molecule has 3 heteroatoms. The van der Waals surface area contributed by atoms with Gasteiger partial charge in [-0.15, -0.1) is 0 Å². The molecular weight excluding hydrogens is 332 g/mol. The molecule has 142 valence electrons. The molecule has 2 aliphatic carbocycles. The Balaban J connectivity index is 1.32. The van der Waals surface area contributed by atoms with Gasteiger partial charge in [-0.25, -0.2) is 0 Å². The number of hydrogen-bond acceptors (Lipinski definition) is 3. The number of hydrogen-bond donors (Lipinski definition) is 0. The van der Waals surface area contributed by atoms with Crippen LogP contribution < -0.4 is 4.74 Å². The van der Waals surface area contributed by atoms with Gasteiger partial charge in [0.1, 0.15) is 5.75 Å². The minimum absolute atomic E-state index is 0.603. The number of likely N-dealkylation sites (tertiary alicyclic amines) is 1. The van der Waals surface area contributed by atoms with Crippen LogP contribution in [0.1, 0.15) is 50.0 Å². The van der Waals surface area contributed by atoms with E-state index in [0.29, 0.717) is 5.92 Å². The number of fused-ring (bicyclic) bond motifs is 2. The lowest BCUT2D eigenvalue weighted by Crippen LogP contribution is -2.43. The van der Waals surface area contributed by atoms with Gasteiger partial charge < -0.3 is 9.64 Å². The fourth-order valence-corrected chi connectivity index (χ4v) is 5.97. The maximum absolute atomic E-state index is 5.73. The van der Waals surface area contributed by atoms with Gasteiger partial charge in [-0.2, -0.15) is 0 Å². The van der Waals surface area contributed by atoms with Gasteiger partial charge in [-0.3, -0.25) is 4.98 Å². The van der Waals surface area contributed by atoms with Crippen molar-refractivity contribution < 1.29 is 4.74 Å². The zero-order chi connectivity index (χ0) is 18.2. The van der Waals surface area contributed by atoms with Crippen LogP contribution in [0.5, 0.6) is 5.75 Å². The minimum Gasteiger partial charge on any atom is -0.496 e. The highest BCUT2D eigenvalue weighted by atomic mass is 16.5. The Morgan fingerprint density at radius 3 is 2.56 bits per heavy atom. The molecule has 0 amide bonds. The molecule has 1 aliphatic heterocycles. The van der Waals surface area contributed by atoms with E-state index < -0.39 is 0 Å². The predicted molar refractivity (Wildman–Crippen MR) is 109 cm³/mol. The first-order chi connectivity index (χ1) is 13.3. The molecule has 3 aliphatic rings. The summed E-state index contributed by atoms with van der Waals surface area (Å²) in [5, 5.41) is 0. The molecule has 2 aromatic rings. The second kappa shape index (κ2) is 7.27.